The Labute approximate surface area is 116 Å². The number of anilines is 1. The van der Waals surface area contributed by atoms with Crippen LogP contribution in [-0.2, 0) is 6.54 Å². The molecule has 0 aliphatic heterocycles. The van der Waals surface area contributed by atoms with Crippen molar-refractivity contribution in [2.75, 3.05) is 12.4 Å². The first kappa shape index (κ1) is 13.5. The van der Waals surface area contributed by atoms with Gasteiger partial charge in [-0.05, 0) is 31.5 Å². The van der Waals surface area contributed by atoms with Crippen LogP contribution in [-0.4, -0.2) is 17.9 Å². The van der Waals surface area contributed by atoms with Crippen LogP contribution in [0, 0.1) is 13.8 Å². The van der Waals surface area contributed by atoms with E-state index in [9.17, 15) is 4.79 Å². The van der Waals surface area contributed by atoms with E-state index in [0.717, 1.165) is 22.0 Å². The van der Waals surface area contributed by atoms with Crippen molar-refractivity contribution in [1.82, 2.24) is 10.3 Å². The molecule has 0 aliphatic carbocycles. The standard InChI is InChI=1S/C14H17N3OS/c1-9-4-5-11(12(6-9)15-3)14(18)16-7-13-17-10(2)8-19-13/h4-6,8,15H,7H2,1-3H3,(H,16,18). The lowest BCUT2D eigenvalue weighted by Crippen LogP contribution is -2.23. The Hall–Kier alpha value is -1.88. The summed E-state index contributed by atoms with van der Waals surface area (Å²) >= 11 is 1.56. The predicted octanol–water partition coefficient (Wildman–Crippen LogP) is 2.73. The first-order chi connectivity index (χ1) is 9.10. The van der Waals surface area contributed by atoms with Crippen LogP contribution in [0.25, 0.3) is 0 Å². The van der Waals surface area contributed by atoms with Crippen molar-refractivity contribution in [2.45, 2.75) is 20.4 Å². The average molecular weight is 275 g/mol. The Balaban J connectivity index is 2.07. The molecule has 0 aliphatic rings. The first-order valence-electron chi connectivity index (χ1n) is 6.07. The minimum absolute atomic E-state index is 0.0859. The summed E-state index contributed by atoms with van der Waals surface area (Å²) in [5.41, 5.74) is 3.60. The van der Waals surface area contributed by atoms with Gasteiger partial charge in [-0.2, -0.15) is 0 Å². The Morgan fingerprint density at radius 1 is 1.37 bits per heavy atom. The summed E-state index contributed by atoms with van der Waals surface area (Å²) in [6.07, 6.45) is 0. The van der Waals surface area contributed by atoms with Crippen LogP contribution in [0.2, 0.25) is 0 Å². The minimum Gasteiger partial charge on any atom is -0.387 e. The van der Waals surface area contributed by atoms with Gasteiger partial charge in [-0.3, -0.25) is 4.79 Å². The fraction of sp³-hybridized carbons (Fsp3) is 0.286. The molecule has 0 unspecified atom stereocenters. The molecule has 4 nitrogen and oxygen atoms in total. The highest BCUT2D eigenvalue weighted by atomic mass is 32.1. The number of benzene rings is 1. The molecule has 0 bridgehead atoms. The molecule has 1 heterocycles. The molecule has 0 radical (unpaired) electrons. The van der Waals surface area contributed by atoms with E-state index in [1.165, 1.54) is 0 Å². The van der Waals surface area contributed by atoms with Gasteiger partial charge in [0.15, 0.2) is 0 Å². The quantitative estimate of drug-likeness (QED) is 0.902. The third kappa shape index (κ3) is 3.32. The number of nitrogens with zero attached hydrogens (tertiary/aromatic N) is 1. The summed E-state index contributed by atoms with van der Waals surface area (Å²) in [4.78, 5) is 16.5. The Morgan fingerprint density at radius 2 is 2.16 bits per heavy atom. The molecule has 0 fully saturated rings. The average Bonchev–Trinajstić information content (AvgIpc) is 2.81. The van der Waals surface area contributed by atoms with Gasteiger partial charge in [-0.15, -0.1) is 11.3 Å². The molecule has 0 saturated carbocycles. The van der Waals surface area contributed by atoms with Gasteiger partial charge in [0.2, 0.25) is 0 Å². The zero-order valence-corrected chi connectivity index (χ0v) is 12.1. The molecule has 2 rings (SSSR count). The number of carbonyl (C=O) groups excluding carboxylic acids is 1. The van der Waals surface area contributed by atoms with Gasteiger partial charge in [0.05, 0.1) is 12.1 Å². The van der Waals surface area contributed by atoms with Gasteiger partial charge in [0.25, 0.3) is 5.91 Å². The zero-order chi connectivity index (χ0) is 13.8. The van der Waals surface area contributed by atoms with E-state index in [2.05, 4.69) is 15.6 Å². The van der Waals surface area contributed by atoms with Crippen molar-refractivity contribution >= 4 is 22.9 Å². The third-order valence-corrected chi connectivity index (χ3v) is 3.72. The number of amides is 1. The van der Waals surface area contributed by atoms with E-state index in [1.54, 1.807) is 11.3 Å². The summed E-state index contributed by atoms with van der Waals surface area (Å²) in [5.74, 6) is -0.0859. The van der Waals surface area contributed by atoms with Crippen molar-refractivity contribution in [3.8, 4) is 0 Å². The van der Waals surface area contributed by atoms with E-state index < -0.39 is 0 Å². The molecule has 0 atom stereocenters. The normalized spacial score (nSPS) is 10.3. The fourth-order valence-corrected chi connectivity index (χ4v) is 2.51. The number of carbonyl (C=O) groups is 1. The number of aryl methyl sites for hydroxylation is 2. The molecule has 2 aromatic rings. The SMILES string of the molecule is CNc1cc(C)ccc1C(=O)NCc1nc(C)cs1. The van der Waals surface area contributed by atoms with E-state index in [-0.39, 0.29) is 5.91 Å². The number of hydrogen-bond donors (Lipinski definition) is 2. The van der Waals surface area contributed by atoms with Crippen LogP contribution in [0.15, 0.2) is 23.6 Å². The Kier molecular flexibility index (Phi) is 4.16. The highest BCUT2D eigenvalue weighted by Crippen LogP contribution is 2.17. The van der Waals surface area contributed by atoms with E-state index in [0.29, 0.717) is 12.1 Å². The van der Waals surface area contributed by atoms with Gasteiger partial charge in [-0.1, -0.05) is 6.07 Å². The predicted molar refractivity (Wildman–Crippen MR) is 78.7 cm³/mol. The number of nitrogens with one attached hydrogen (secondary N) is 2. The maximum atomic E-state index is 12.1. The highest BCUT2D eigenvalue weighted by molar-refractivity contribution is 7.09. The maximum absolute atomic E-state index is 12.1. The highest BCUT2D eigenvalue weighted by Gasteiger charge is 2.11. The number of hydrogen-bond acceptors (Lipinski definition) is 4. The Morgan fingerprint density at radius 3 is 2.79 bits per heavy atom. The first-order valence-corrected chi connectivity index (χ1v) is 6.95. The van der Waals surface area contributed by atoms with E-state index >= 15 is 0 Å². The third-order valence-electron chi connectivity index (χ3n) is 2.76. The minimum atomic E-state index is -0.0859. The van der Waals surface area contributed by atoms with Gasteiger partial charge >= 0.3 is 0 Å². The second-order valence-corrected chi connectivity index (χ2v) is 5.31. The van der Waals surface area contributed by atoms with Crippen LogP contribution < -0.4 is 10.6 Å². The smallest absolute Gasteiger partial charge is 0.253 e. The van der Waals surface area contributed by atoms with Gasteiger partial charge in [0.1, 0.15) is 5.01 Å². The summed E-state index contributed by atoms with van der Waals surface area (Å²) in [6.45, 7) is 4.41. The molecule has 0 saturated heterocycles. The lowest BCUT2D eigenvalue weighted by molar-refractivity contribution is 0.0951. The summed E-state index contributed by atoms with van der Waals surface area (Å²) in [5, 5.41) is 8.84. The van der Waals surface area contributed by atoms with Crippen LogP contribution in [0.1, 0.15) is 26.6 Å². The molecule has 100 valence electrons. The maximum Gasteiger partial charge on any atom is 0.253 e. The van der Waals surface area contributed by atoms with Gasteiger partial charge in [-0.25, -0.2) is 4.98 Å². The topological polar surface area (TPSA) is 54.0 Å². The molecular weight excluding hydrogens is 258 g/mol. The Bertz CT molecular complexity index is 592. The molecule has 5 heteroatoms. The zero-order valence-electron chi connectivity index (χ0n) is 11.3. The summed E-state index contributed by atoms with van der Waals surface area (Å²) < 4.78 is 0. The van der Waals surface area contributed by atoms with Crippen molar-refractivity contribution in [3.63, 3.8) is 0 Å². The lowest BCUT2D eigenvalue weighted by atomic mass is 10.1. The molecule has 1 aromatic heterocycles. The fourth-order valence-electron chi connectivity index (χ4n) is 1.80. The molecular formula is C14H17N3OS. The second-order valence-electron chi connectivity index (χ2n) is 4.36. The van der Waals surface area contributed by atoms with E-state index in [4.69, 9.17) is 0 Å². The van der Waals surface area contributed by atoms with Crippen molar-refractivity contribution in [2.24, 2.45) is 0 Å². The van der Waals surface area contributed by atoms with Crippen molar-refractivity contribution < 1.29 is 4.79 Å². The van der Waals surface area contributed by atoms with Gasteiger partial charge in [0, 0.05) is 23.8 Å². The number of thiazole rings is 1. The second kappa shape index (κ2) is 5.84. The molecule has 1 aromatic carbocycles. The molecule has 19 heavy (non-hydrogen) atoms. The number of rotatable bonds is 4. The van der Waals surface area contributed by atoms with E-state index in [1.807, 2.05) is 44.5 Å². The van der Waals surface area contributed by atoms with Crippen LogP contribution in [0.4, 0.5) is 5.69 Å². The summed E-state index contributed by atoms with van der Waals surface area (Å²) in [7, 11) is 1.82. The summed E-state index contributed by atoms with van der Waals surface area (Å²) in [6, 6.07) is 5.73. The molecule has 2 N–H and O–H groups in total. The van der Waals surface area contributed by atoms with Gasteiger partial charge < -0.3 is 10.6 Å². The van der Waals surface area contributed by atoms with Crippen molar-refractivity contribution in [1.29, 1.82) is 0 Å². The number of aromatic nitrogens is 1. The monoisotopic (exact) mass is 275 g/mol. The van der Waals surface area contributed by atoms with Crippen LogP contribution in [0.5, 0.6) is 0 Å². The molecule has 0 spiro atoms. The lowest BCUT2D eigenvalue weighted by Gasteiger charge is -2.10. The van der Waals surface area contributed by atoms with Crippen molar-refractivity contribution in [3.05, 3.63) is 45.4 Å². The largest absolute Gasteiger partial charge is 0.387 e. The molecule has 1 amide bonds. The van der Waals surface area contributed by atoms with Crippen LogP contribution >= 0.6 is 11.3 Å². The van der Waals surface area contributed by atoms with Crippen LogP contribution in [0.3, 0.4) is 0 Å².